The maximum Gasteiger partial charge on any atom is 0.236 e. The zero-order chi connectivity index (χ0) is 16.5. The van der Waals surface area contributed by atoms with Crippen LogP contribution in [0.25, 0.3) is 10.8 Å². The molecule has 2 N–H and O–H groups in total. The Morgan fingerprint density at radius 1 is 1.42 bits per heavy atom. The Labute approximate surface area is 165 Å². The molecule has 2 rings (SSSR count). The van der Waals surface area contributed by atoms with Crippen molar-refractivity contribution in [3.8, 4) is 10.8 Å². The molecule has 0 spiro atoms. The van der Waals surface area contributed by atoms with E-state index in [0.717, 1.165) is 23.0 Å². The van der Waals surface area contributed by atoms with Gasteiger partial charge in [-0.2, -0.15) is 0 Å². The second-order valence-electron chi connectivity index (χ2n) is 5.59. The fraction of sp³-hybridized carbons (Fsp3) is 0.529. The van der Waals surface area contributed by atoms with Crippen molar-refractivity contribution in [3.05, 3.63) is 29.5 Å². The molecular weight excluding hydrogens is 435 g/mol. The minimum Gasteiger partial charge on any atom is -0.443 e. The summed E-state index contributed by atoms with van der Waals surface area (Å²) in [5.41, 5.74) is 0.870. The van der Waals surface area contributed by atoms with Gasteiger partial charge >= 0.3 is 0 Å². The predicted octanol–water partition coefficient (Wildman–Crippen LogP) is 4.65. The van der Waals surface area contributed by atoms with Crippen molar-refractivity contribution >= 4 is 41.3 Å². The Kier molecular flexibility index (Phi) is 10.0. The molecule has 0 radical (unpaired) electrons. The molecule has 0 aliphatic heterocycles. The van der Waals surface area contributed by atoms with Gasteiger partial charge in [0.2, 0.25) is 5.89 Å². The summed E-state index contributed by atoms with van der Waals surface area (Å²) >= 11 is 1.62. The Morgan fingerprint density at radius 2 is 2.25 bits per heavy atom. The molecule has 7 heteroatoms. The second kappa shape index (κ2) is 11.5. The van der Waals surface area contributed by atoms with Crippen LogP contribution in [0, 0.1) is 0 Å². The molecule has 0 aliphatic rings. The van der Waals surface area contributed by atoms with Gasteiger partial charge < -0.3 is 15.1 Å². The Morgan fingerprint density at radius 3 is 2.92 bits per heavy atom. The third-order valence-electron chi connectivity index (χ3n) is 3.57. The Bertz CT molecular complexity index is 598. The van der Waals surface area contributed by atoms with Crippen molar-refractivity contribution in [3.63, 3.8) is 0 Å². The first kappa shape index (κ1) is 21.0. The number of hydrogen-bond donors (Lipinski definition) is 2. The Hall–Kier alpha value is -1.09. The molecule has 0 amide bonds. The van der Waals surface area contributed by atoms with Crippen LogP contribution in [-0.4, -0.2) is 24.0 Å². The van der Waals surface area contributed by atoms with Crippen molar-refractivity contribution in [1.29, 1.82) is 0 Å². The average molecular weight is 462 g/mol. The predicted molar refractivity (Wildman–Crippen MR) is 112 cm³/mol. The normalized spacial score (nSPS) is 12.5. The summed E-state index contributed by atoms with van der Waals surface area (Å²) < 4.78 is 5.52. The lowest BCUT2D eigenvalue weighted by molar-refractivity contribution is 0.546. The summed E-state index contributed by atoms with van der Waals surface area (Å²) in [6.45, 7) is 5.00. The number of oxazole rings is 1. The number of nitrogens with one attached hydrogen (secondary N) is 2. The summed E-state index contributed by atoms with van der Waals surface area (Å²) in [6.07, 6.45) is 6.62. The number of hydrogen-bond acceptors (Lipinski definition) is 4. The lowest BCUT2D eigenvalue weighted by Gasteiger charge is -2.17. The summed E-state index contributed by atoms with van der Waals surface area (Å²) in [7, 11) is 1.79. The van der Waals surface area contributed by atoms with E-state index in [4.69, 9.17) is 4.42 Å². The highest BCUT2D eigenvalue weighted by atomic mass is 127. The van der Waals surface area contributed by atoms with E-state index in [9.17, 15) is 0 Å². The number of aromatic nitrogens is 1. The molecule has 24 heavy (non-hydrogen) atoms. The fourth-order valence-electron chi connectivity index (χ4n) is 2.28. The van der Waals surface area contributed by atoms with E-state index in [1.54, 1.807) is 24.6 Å². The fourth-order valence-corrected chi connectivity index (χ4v) is 2.93. The second-order valence-corrected chi connectivity index (χ2v) is 6.54. The smallest absolute Gasteiger partial charge is 0.236 e. The Balaban J connectivity index is 0.00000288. The SMILES string of the molecule is CCCCCC(C)NC(=NC)NCc1coc(-c2cccs2)n1.I. The third kappa shape index (κ3) is 6.80. The third-order valence-corrected chi connectivity index (χ3v) is 4.43. The van der Waals surface area contributed by atoms with Crippen LogP contribution in [-0.2, 0) is 6.54 Å². The number of nitrogens with zero attached hydrogens (tertiary/aromatic N) is 2. The first-order valence-corrected chi connectivity index (χ1v) is 9.06. The van der Waals surface area contributed by atoms with Gasteiger partial charge in [0, 0.05) is 13.1 Å². The van der Waals surface area contributed by atoms with Crippen LogP contribution in [0.15, 0.2) is 33.2 Å². The number of guanidine groups is 1. The molecule has 0 aromatic carbocycles. The van der Waals surface area contributed by atoms with Crippen LogP contribution >= 0.6 is 35.3 Å². The van der Waals surface area contributed by atoms with Crippen molar-refractivity contribution in [1.82, 2.24) is 15.6 Å². The molecule has 0 saturated carbocycles. The lowest BCUT2D eigenvalue weighted by atomic mass is 10.1. The van der Waals surface area contributed by atoms with Crippen molar-refractivity contribution < 1.29 is 4.42 Å². The molecular formula is C17H27IN4OS. The van der Waals surface area contributed by atoms with Crippen LogP contribution in [0.4, 0.5) is 0 Å². The van der Waals surface area contributed by atoms with Gasteiger partial charge in [-0.3, -0.25) is 4.99 Å². The van der Waals surface area contributed by atoms with Crippen LogP contribution in [0.3, 0.4) is 0 Å². The van der Waals surface area contributed by atoms with Gasteiger partial charge in [-0.25, -0.2) is 4.98 Å². The summed E-state index contributed by atoms with van der Waals surface area (Å²) in [4.78, 5) is 9.81. The number of halogens is 1. The van der Waals surface area contributed by atoms with E-state index in [0.29, 0.717) is 18.5 Å². The maximum atomic E-state index is 5.52. The van der Waals surface area contributed by atoms with Crippen LogP contribution in [0.2, 0.25) is 0 Å². The van der Waals surface area contributed by atoms with E-state index in [2.05, 4.69) is 34.5 Å². The van der Waals surface area contributed by atoms with Crippen LogP contribution in [0.5, 0.6) is 0 Å². The standard InChI is InChI=1S/C17H26N4OS.HI/c1-4-5-6-8-13(2)20-17(18-3)19-11-14-12-22-16(21-14)15-9-7-10-23-15;/h7,9-10,12-13H,4-6,8,11H2,1-3H3,(H2,18,19,20);1H. The molecule has 0 fully saturated rings. The number of thiophene rings is 1. The number of unbranched alkanes of at least 4 members (excludes halogenated alkanes) is 2. The summed E-state index contributed by atoms with van der Waals surface area (Å²) in [5, 5.41) is 8.72. The molecule has 2 aromatic rings. The molecule has 1 unspecified atom stereocenters. The van der Waals surface area contributed by atoms with E-state index in [-0.39, 0.29) is 24.0 Å². The average Bonchev–Trinajstić information content (AvgIpc) is 3.22. The highest BCUT2D eigenvalue weighted by Gasteiger charge is 2.09. The molecule has 1 atom stereocenters. The summed E-state index contributed by atoms with van der Waals surface area (Å²) in [5.74, 6) is 1.47. The van der Waals surface area contributed by atoms with Gasteiger partial charge in [-0.1, -0.05) is 32.3 Å². The van der Waals surface area contributed by atoms with E-state index in [1.807, 2.05) is 17.5 Å². The molecule has 0 saturated heterocycles. The molecule has 2 aromatic heterocycles. The van der Waals surface area contributed by atoms with Gasteiger partial charge in [0.25, 0.3) is 0 Å². The van der Waals surface area contributed by atoms with Gasteiger partial charge in [-0.15, -0.1) is 35.3 Å². The minimum absolute atomic E-state index is 0. The quantitative estimate of drug-likeness (QED) is 0.259. The van der Waals surface area contributed by atoms with Crippen LogP contribution in [0.1, 0.15) is 45.2 Å². The number of rotatable bonds is 8. The topological polar surface area (TPSA) is 62.5 Å². The highest BCUT2D eigenvalue weighted by Crippen LogP contribution is 2.23. The van der Waals surface area contributed by atoms with Gasteiger partial charge in [0.1, 0.15) is 6.26 Å². The first-order valence-electron chi connectivity index (χ1n) is 8.18. The van der Waals surface area contributed by atoms with E-state index < -0.39 is 0 Å². The molecule has 0 aliphatic carbocycles. The monoisotopic (exact) mass is 462 g/mol. The number of aliphatic imine (C=N–C) groups is 1. The molecule has 5 nitrogen and oxygen atoms in total. The first-order chi connectivity index (χ1) is 11.2. The summed E-state index contributed by atoms with van der Waals surface area (Å²) in [6, 6.07) is 4.41. The zero-order valence-electron chi connectivity index (χ0n) is 14.5. The van der Waals surface area contributed by atoms with Gasteiger partial charge in [0.15, 0.2) is 5.96 Å². The highest BCUT2D eigenvalue weighted by molar-refractivity contribution is 14.0. The maximum absolute atomic E-state index is 5.52. The van der Waals surface area contributed by atoms with Crippen LogP contribution < -0.4 is 10.6 Å². The molecule has 2 heterocycles. The molecule has 134 valence electrons. The lowest BCUT2D eigenvalue weighted by Crippen LogP contribution is -2.41. The van der Waals surface area contributed by atoms with Crippen molar-refractivity contribution in [2.24, 2.45) is 4.99 Å². The van der Waals surface area contributed by atoms with Crippen molar-refractivity contribution in [2.75, 3.05) is 7.05 Å². The van der Waals surface area contributed by atoms with Crippen molar-refractivity contribution in [2.45, 2.75) is 52.1 Å². The largest absolute Gasteiger partial charge is 0.443 e. The zero-order valence-corrected chi connectivity index (χ0v) is 17.7. The molecule has 0 bridgehead atoms. The van der Waals surface area contributed by atoms with Gasteiger partial charge in [-0.05, 0) is 24.8 Å². The minimum atomic E-state index is 0. The van der Waals surface area contributed by atoms with E-state index in [1.165, 1.54) is 19.3 Å². The van der Waals surface area contributed by atoms with E-state index >= 15 is 0 Å². The van der Waals surface area contributed by atoms with Gasteiger partial charge in [0.05, 0.1) is 17.1 Å².